The molecule has 2 rings (SSSR count). The number of carbonyl (C=O) groups is 1. The van der Waals surface area contributed by atoms with Crippen LogP contribution in [0.3, 0.4) is 0 Å². The Balaban J connectivity index is 2.38. The zero-order chi connectivity index (χ0) is 11.5. The number of hydrogen-bond acceptors (Lipinski definition) is 5. The van der Waals surface area contributed by atoms with Crippen molar-refractivity contribution in [1.29, 1.82) is 0 Å². The molecule has 16 heavy (non-hydrogen) atoms. The molecule has 0 unspecified atom stereocenters. The van der Waals surface area contributed by atoms with Gasteiger partial charge in [-0.15, -0.1) is 10.2 Å². The first-order valence-corrected chi connectivity index (χ1v) is 4.77. The van der Waals surface area contributed by atoms with E-state index in [-0.39, 0.29) is 4.77 Å². The van der Waals surface area contributed by atoms with Crippen molar-refractivity contribution >= 4 is 18.1 Å². The fourth-order valence-corrected chi connectivity index (χ4v) is 1.23. The van der Waals surface area contributed by atoms with E-state index >= 15 is 0 Å². The number of aromatic nitrogens is 4. The highest BCUT2D eigenvalue weighted by molar-refractivity contribution is 7.71. The maximum atomic E-state index is 10.9. The predicted octanol–water partition coefficient (Wildman–Crippen LogP) is 0.695. The minimum atomic E-state index is -0.474. The van der Waals surface area contributed by atoms with Gasteiger partial charge in [0.1, 0.15) is 0 Å². The zero-order valence-electron chi connectivity index (χ0n) is 8.04. The first-order chi connectivity index (χ1) is 7.66. The van der Waals surface area contributed by atoms with E-state index in [9.17, 15) is 4.79 Å². The zero-order valence-corrected chi connectivity index (χ0v) is 8.86. The molecule has 80 valence electrons. The third-order valence-electron chi connectivity index (χ3n) is 1.92. The van der Waals surface area contributed by atoms with Crippen molar-refractivity contribution in [2.24, 2.45) is 5.73 Å². The summed E-state index contributed by atoms with van der Waals surface area (Å²) in [5.74, 6) is -0.0670. The van der Waals surface area contributed by atoms with Gasteiger partial charge in [0.05, 0.1) is 0 Å². The molecule has 0 spiro atoms. The summed E-state index contributed by atoms with van der Waals surface area (Å²) >= 11 is 4.72. The minimum Gasteiger partial charge on any atom is -0.366 e. The highest BCUT2D eigenvalue weighted by atomic mass is 32.1. The van der Waals surface area contributed by atoms with Gasteiger partial charge in [0.15, 0.2) is 0 Å². The van der Waals surface area contributed by atoms with E-state index in [4.69, 9.17) is 18.0 Å². The molecule has 0 saturated carbocycles. The molecule has 0 fully saturated rings. The van der Waals surface area contributed by atoms with Crippen LogP contribution in [0.15, 0.2) is 24.3 Å². The maximum Gasteiger partial charge on any atom is 0.248 e. The van der Waals surface area contributed by atoms with Crippen LogP contribution in [0, 0.1) is 4.77 Å². The van der Waals surface area contributed by atoms with Crippen LogP contribution in [0.2, 0.25) is 0 Å². The standard InChI is InChI=1S/C9H7N5OS/c10-7(15)5-1-3-6(4-2-5)8-11-13-9(16)14-12-8/h1-4H,(H2,10,15)(H,13,14,16). The summed E-state index contributed by atoms with van der Waals surface area (Å²) in [4.78, 5) is 10.9. The Morgan fingerprint density at radius 2 is 1.94 bits per heavy atom. The van der Waals surface area contributed by atoms with Crippen molar-refractivity contribution in [3.63, 3.8) is 0 Å². The van der Waals surface area contributed by atoms with Gasteiger partial charge < -0.3 is 5.73 Å². The van der Waals surface area contributed by atoms with E-state index in [1.165, 1.54) is 0 Å². The van der Waals surface area contributed by atoms with Crippen LogP contribution >= 0.6 is 12.2 Å². The summed E-state index contributed by atoms with van der Waals surface area (Å²) in [7, 11) is 0. The van der Waals surface area contributed by atoms with Gasteiger partial charge in [-0.1, -0.05) is 12.1 Å². The number of nitrogens with zero attached hydrogens (tertiary/aromatic N) is 3. The minimum absolute atomic E-state index is 0.220. The Morgan fingerprint density at radius 1 is 1.25 bits per heavy atom. The maximum absolute atomic E-state index is 10.9. The lowest BCUT2D eigenvalue weighted by molar-refractivity contribution is 0.100. The molecule has 0 bridgehead atoms. The smallest absolute Gasteiger partial charge is 0.248 e. The molecule has 0 aliphatic carbocycles. The molecule has 1 aromatic heterocycles. The lowest BCUT2D eigenvalue weighted by Crippen LogP contribution is -2.10. The summed E-state index contributed by atoms with van der Waals surface area (Å²) < 4.78 is 0.220. The van der Waals surface area contributed by atoms with E-state index in [2.05, 4.69) is 20.4 Å². The molecule has 7 heteroatoms. The number of aromatic amines is 1. The lowest BCUT2D eigenvalue weighted by atomic mass is 10.1. The van der Waals surface area contributed by atoms with Crippen LogP contribution in [-0.4, -0.2) is 26.3 Å². The summed E-state index contributed by atoms with van der Waals surface area (Å²) in [5.41, 5.74) is 6.28. The van der Waals surface area contributed by atoms with Gasteiger partial charge in [-0.05, 0) is 24.4 Å². The SMILES string of the molecule is NC(=O)c1ccc(-c2nnc(=S)[nH]n2)cc1. The molecule has 1 aromatic carbocycles. The quantitative estimate of drug-likeness (QED) is 0.744. The first kappa shape index (κ1) is 10.4. The van der Waals surface area contributed by atoms with E-state index in [1.54, 1.807) is 24.3 Å². The normalized spacial score (nSPS) is 10.0. The number of nitrogens with two attached hydrogens (primary N) is 1. The van der Waals surface area contributed by atoms with Crippen molar-refractivity contribution in [2.45, 2.75) is 0 Å². The molecular weight excluding hydrogens is 226 g/mol. The van der Waals surface area contributed by atoms with Crippen LogP contribution in [-0.2, 0) is 0 Å². The Kier molecular flexibility index (Phi) is 2.69. The first-order valence-electron chi connectivity index (χ1n) is 4.36. The number of nitrogens with one attached hydrogen (secondary N) is 1. The molecular formula is C9H7N5OS. The molecule has 6 nitrogen and oxygen atoms in total. The number of H-pyrrole nitrogens is 1. The van der Waals surface area contributed by atoms with E-state index < -0.39 is 5.91 Å². The average molecular weight is 233 g/mol. The molecule has 2 aromatic rings. The number of hydrogen-bond donors (Lipinski definition) is 2. The van der Waals surface area contributed by atoms with E-state index in [0.29, 0.717) is 11.4 Å². The largest absolute Gasteiger partial charge is 0.366 e. The van der Waals surface area contributed by atoms with Crippen LogP contribution in [0.5, 0.6) is 0 Å². The third-order valence-corrected chi connectivity index (χ3v) is 2.09. The molecule has 0 aliphatic rings. The average Bonchev–Trinajstić information content (AvgIpc) is 2.30. The van der Waals surface area contributed by atoms with Crippen molar-refractivity contribution in [1.82, 2.24) is 20.4 Å². The second kappa shape index (κ2) is 4.15. The number of rotatable bonds is 2. The van der Waals surface area contributed by atoms with Crippen molar-refractivity contribution in [3.8, 4) is 11.4 Å². The molecule has 0 saturated heterocycles. The Morgan fingerprint density at radius 3 is 2.44 bits per heavy atom. The third kappa shape index (κ3) is 2.09. The Labute approximate surface area is 95.5 Å². The van der Waals surface area contributed by atoms with Crippen LogP contribution in [0.1, 0.15) is 10.4 Å². The van der Waals surface area contributed by atoms with Gasteiger partial charge in [0.25, 0.3) is 0 Å². The van der Waals surface area contributed by atoms with Gasteiger partial charge in [-0.25, -0.2) is 5.10 Å². The fraction of sp³-hybridized carbons (Fsp3) is 0. The van der Waals surface area contributed by atoms with Gasteiger partial charge >= 0.3 is 0 Å². The van der Waals surface area contributed by atoms with Gasteiger partial charge in [-0.3, -0.25) is 4.79 Å². The summed E-state index contributed by atoms with van der Waals surface area (Å²) in [6, 6.07) is 6.58. The van der Waals surface area contributed by atoms with Crippen molar-refractivity contribution in [3.05, 3.63) is 34.6 Å². The van der Waals surface area contributed by atoms with E-state index in [1.807, 2.05) is 0 Å². The fourth-order valence-electron chi connectivity index (χ4n) is 1.14. The van der Waals surface area contributed by atoms with Gasteiger partial charge in [0.2, 0.25) is 16.5 Å². The predicted molar refractivity (Wildman–Crippen MR) is 59.0 cm³/mol. The number of amides is 1. The highest BCUT2D eigenvalue weighted by Gasteiger charge is 2.03. The summed E-state index contributed by atoms with van der Waals surface area (Å²) in [6.07, 6.45) is 0. The molecule has 1 heterocycles. The summed E-state index contributed by atoms with van der Waals surface area (Å²) in [6.45, 7) is 0. The highest BCUT2D eigenvalue weighted by Crippen LogP contribution is 2.13. The molecule has 0 atom stereocenters. The molecule has 0 aliphatic heterocycles. The molecule has 0 radical (unpaired) electrons. The Hall–Kier alpha value is -2.15. The van der Waals surface area contributed by atoms with Gasteiger partial charge in [-0.2, -0.15) is 5.10 Å². The van der Waals surface area contributed by atoms with E-state index in [0.717, 1.165) is 5.56 Å². The second-order valence-corrected chi connectivity index (χ2v) is 3.38. The molecule has 1 amide bonds. The van der Waals surface area contributed by atoms with Crippen molar-refractivity contribution < 1.29 is 4.79 Å². The topological polar surface area (TPSA) is 97.5 Å². The van der Waals surface area contributed by atoms with Crippen LogP contribution in [0.4, 0.5) is 0 Å². The number of benzene rings is 1. The number of primary amides is 1. The molecule has 3 N–H and O–H groups in total. The van der Waals surface area contributed by atoms with Gasteiger partial charge in [0, 0.05) is 11.1 Å². The van der Waals surface area contributed by atoms with Crippen LogP contribution < -0.4 is 5.73 Å². The number of carbonyl (C=O) groups excluding carboxylic acids is 1. The second-order valence-electron chi connectivity index (χ2n) is 2.99. The van der Waals surface area contributed by atoms with Crippen molar-refractivity contribution in [2.75, 3.05) is 0 Å². The summed E-state index contributed by atoms with van der Waals surface area (Å²) in [5, 5.41) is 13.9. The Bertz CT molecular complexity index is 557. The monoisotopic (exact) mass is 233 g/mol. The van der Waals surface area contributed by atoms with Crippen LogP contribution in [0.25, 0.3) is 11.4 Å². The lowest BCUT2D eigenvalue weighted by Gasteiger charge is -1.99.